The Bertz CT molecular complexity index is 1050. The Kier molecular flexibility index (Phi) is 4.61. The minimum Gasteiger partial charge on any atom is -0.480 e. The molecular formula is C18H12F3NO5. The number of ketones is 1. The fourth-order valence-electron chi connectivity index (χ4n) is 2.64. The maximum Gasteiger partial charge on any atom is 0.471 e. The molecule has 3 rings (SSSR count). The highest BCUT2D eigenvalue weighted by Gasteiger charge is 2.41. The number of benzene rings is 2. The lowest BCUT2D eigenvalue weighted by atomic mass is 10.0. The quantitative estimate of drug-likeness (QED) is 0.663. The van der Waals surface area contributed by atoms with Gasteiger partial charge in [-0.25, -0.2) is 4.79 Å². The van der Waals surface area contributed by atoms with Gasteiger partial charge in [-0.05, 0) is 24.3 Å². The molecule has 0 aliphatic heterocycles. The Hall–Kier alpha value is -3.36. The molecule has 0 saturated carbocycles. The molecule has 27 heavy (non-hydrogen) atoms. The summed E-state index contributed by atoms with van der Waals surface area (Å²) in [6.07, 6.45) is -6.07. The van der Waals surface area contributed by atoms with Crippen LogP contribution >= 0.6 is 0 Å². The predicted molar refractivity (Wildman–Crippen MR) is 88.3 cm³/mol. The molecule has 1 amide bonds. The van der Waals surface area contributed by atoms with Gasteiger partial charge in [0.25, 0.3) is 0 Å². The zero-order valence-corrected chi connectivity index (χ0v) is 13.5. The van der Waals surface area contributed by atoms with Gasteiger partial charge in [-0.1, -0.05) is 18.2 Å². The number of furan rings is 1. The molecule has 140 valence electrons. The summed E-state index contributed by atoms with van der Waals surface area (Å²) < 4.78 is 42.6. The van der Waals surface area contributed by atoms with E-state index in [0.717, 1.165) is 5.39 Å². The summed E-state index contributed by atoms with van der Waals surface area (Å²) in [6, 6.07) is 9.46. The molecule has 0 spiro atoms. The summed E-state index contributed by atoms with van der Waals surface area (Å²) in [7, 11) is 0. The van der Waals surface area contributed by atoms with Crippen molar-refractivity contribution in [3.63, 3.8) is 0 Å². The molecule has 1 atom stereocenters. The molecule has 1 heterocycles. The van der Waals surface area contributed by atoms with E-state index in [2.05, 4.69) is 0 Å². The molecule has 0 saturated heterocycles. The van der Waals surface area contributed by atoms with Gasteiger partial charge in [0.05, 0.1) is 0 Å². The number of hydrogen-bond donors (Lipinski definition) is 2. The summed E-state index contributed by atoms with van der Waals surface area (Å²) in [6.45, 7) is 0. The first-order valence-corrected chi connectivity index (χ1v) is 7.72. The highest BCUT2D eigenvalue weighted by molar-refractivity contribution is 6.09. The second-order valence-corrected chi connectivity index (χ2v) is 5.80. The molecule has 0 radical (unpaired) electrons. The minimum atomic E-state index is -5.24. The largest absolute Gasteiger partial charge is 0.480 e. The van der Waals surface area contributed by atoms with Crippen LogP contribution in [0.1, 0.15) is 16.8 Å². The maximum atomic E-state index is 12.4. The van der Waals surface area contributed by atoms with E-state index >= 15 is 0 Å². The smallest absolute Gasteiger partial charge is 0.471 e. The Balaban J connectivity index is 1.86. The fourth-order valence-corrected chi connectivity index (χ4v) is 2.64. The van der Waals surface area contributed by atoms with Crippen LogP contribution in [0, 0.1) is 0 Å². The summed E-state index contributed by atoms with van der Waals surface area (Å²) in [5.74, 6) is -4.88. The molecule has 0 unspecified atom stereocenters. The van der Waals surface area contributed by atoms with E-state index in [1.165, 1.54) is 23.5 Å². The van der Waals surface area contributed by atoms with Gasteiger partial charge >= 0.3 is 18.1 Å². The fraction of sp³-hybridized carbons (Fsp3) is 0.167. The van der Waals surface area contributed by atoms with Crippen molar-refractivity contribution in [2.24, 2.45) is 0 Å². The van der Waals surface area contributed by atoms with E-state index in [-0.39, 0.29) is 5.56 Å². The van der Waals surface area contributed by atoms with Crippen molar-refractivity contribution in [2.45, 2.75) is 18.6 Å². The Morgan fingerprint density at radius 1 is 1.04 bits per heavy atom. The average Bonchev–Trinajstić information content (AvgIpc) is 2.97. The van der Waals surface area contributed by atoms with Crippen LogP contribution in [0.2, 0.25) is 0 Å². The van der Waals surface area contributed by atoms with Crippen molar-refractivity contribution in [3.8, 4) is 0 Å². The monoisotopic (exact) mass is 379 g/mol. The number of alkyl halides is 3. The van der Waals surface area contributed by atoms with Gasteiger partial charge in [0.1, 0.15) is 17.2 Å². The molecule has 2 aromatic carbocycles. The number of halogens is 3. The number of carboxylic acids is 1. The van der Waals surface area contributed by atoms with Gasteiger partial charge < -0.3 is 14.8 Å². The zero-order valence-electron chi connectivity index (χ0n) is 13.5. The SMILES string of the molecule is O=C(C[C@@H](NC(=O)C(F)(F)F)C(=O)O)c1ccc2oc3ccccc3c2c1. The second kappa shape index (κ2) is 6.75. The van der Waals surface area contributed by atoms with Crippen LogP contribution < -0.4 is 5.32 Å². The number of carbonyl (C=O) groups excluding carboxylic acids is 2. The Labute approximate surface area is 149 Å². The molecule has 0 aliphatic carbocycles. The minimum absolute atomic E-state index is 0.0987. The van der Waals surface area contributed by atoms with E-state index in [0.29, 0.717) is 16.6 Å². The van der Waals surface area contributed by atoms with Gasteiger partial charge in [-0.15, -0.1) is 0 Å². The number of fused-ring (bicyclic) bond motifs is 3. The zero-order chi connectivity index (χ0) is 19.8. The van der Waals surface area contributed by atoms with Crippen molar-refractivity contribution in [2.75, 3.05) is 0 Å². The molecule has 0 aliphatic rings. The third-order valence-electron chi connectivity index (χ3n) is 3.95. The molecule has 0 bridgehead atoms. The number of amides is 1. The first-order chi connectivity index (χ1) is 12.7. The number of Topliss-reactive ketones (excluding diaryl/α,β-unsaturated/α-hetero) is 1. The van der Waals surface area contributed by atoms with Crippen molar-refractivity contribution < 1.29 is 37.1 Å². The van der Waals surface area contributed by atoms with E-state index in [9.17, 15) is 27.6 Å². The second-order valence-electron chi connectivity index (χ2n) is 5.80. The van der Waals surface area contributed by atoms with Crippen LogP contribution in [-0.4, -0.2) is 35.0 Å². The molecule has 2 N–H and O–H groups in total. The van der Waals surface area contributed by atoms with Gasteiger partial charge in [0.15, 0.2) is 5.78 Å². The van der Waals surface area contributed by atoms with Crippen LogP contribution in [0.15, 0.2) is 46.9 Å². The van der Waals surface area contributed by atoms with Crippen molar-refractivity contribution in [3.05, 3.63) is 48.0 Å². The summed E-state index contributed by atoms with van der Waals surface area (Å²) in [5.41, 5.74) is 1.20. The summed E-state index contributed by atoms with van der Waals surface area (Å²) in [4.78, 5) is 34.5. The molecule has 0 fully saturated rings. The number of rotatable bonds is 5. The van der Waals surface area contributed by atoms with E-state index < -0.39 is 36.3 Å². The normalized spacial score (nSPS) is 12.9. The average molecular weight is 379 g/mol. The molecule has 9 heteroatoms. The van der Waals surface area contributed by atoms with E-state index in [1.807, 2.05) is 0 Å². The van der Waals surface area contributed by atoms with Gasteiger partial charge in [0.2, 0.25) is 0 Å². The lowest BCUT2D eigenvalue weighted by molar-refractivity contribution is -0.175. The number of carboxylic acid groups (broad SMARTS) is 1. The highest BCUT2D eigenvalue weighted by Crippen LogP contribution is 2.29. The van der Waals surface area contributed by atoms with Gasteiger partial charge in [-0.2, -0.15) is 13.2 Å². The third-order valence-corrected chi connectivity index (χ3v) is 3.95. The van der Waals surface area contributed by atoms with Crippen molar-refractivity contribution in [1.82, 2.24) is 5.32 Å². The Morgan fingerprint density at radius 3 is 2.37 bits per heavy atom. The van der Waals surface area contributed by atoms with Crippen LogP contribution in [-0.2, 0) is 9.59 Å². The predicted octanol–water partition coefficient (Wildman–Crippen LogP) is 3.29. The van der Waals surface area contributed by atoms with E-state index in [4.69, 9.17) is 9.52 Å². The Morgan fingerprint density at radius 2 is 1.70 bits per heavy atom. The number of hydrogen-bond acceptors (Lipinski definition) is 4. The van der Waals surface area contributed by atoms with Crippen LogP contribution in [0.25, 0.3) is 21.9 Å². The van der Waals surface area contributed by atoms with Gasteiger partial charge in [0, 0.05) is 22.8 Å². The van der Waals surface area contributed by atoms with Crippen LogP contribution in [0.5, 0.6) is 0 Å². The number of para-hydroxylation sites is 1. The first kappa shape index (κ1) is 18.4. The number of aliphatic carboxylic acids is 1. The lowest BCUT2D eigenvalue weighted by Gasteiger charge is -2.15. The molecular weight excluding hydrogens is 367 g/mol. The van der Waals surface area contributed by atoms with Crippen molar-refractivity contribution in [1.29, 1.82) is 0 Å². The molecule has 1 aromatic heterocycles. The van der Waals surface area contributed by atoms with Crippen molar-refractivity contribution >= 4 is 39.6 Å². The molecule has 6 nitrogen and oxygen atoms in total. The van der Waals surface area contributed by atoms with E-state index in [1.54, 1.807) is 24.3 Å². The maximum absolute atomic E-state index is 12.4. The number of nitrogens with one attached hydrogen (secondary N) is 1. The highest BCUT2D eigenvalue weighted by atomic mass is 19.4. The summed E-state index contributed by atoms with van der Waals surface area (Å²) >= 11 is 0. The van der Waals surface area contributed by atoms with Gasteiger partial charge in [-0.3, -0.25) is 9.59 Å². The standard InChI is InChI=1S/C18H12F3NO5/c19-18(20,21)17(26)22-12(16(24)25)8-13(23)9-5-6-15-11(7-9)10-3-1-2-4-14(10)27-15/h1-7,12H,8H2,(H,22,26)(H,24,25)/t12-/m1/s1. The van der Waals surface area contributed by atoms with Crippen LogP contribution in [0.3, 0.4) is 0 Å². The lowest BCUT2D eigenvalue weighted by Crippen LogP contribution is -2.47. The van der Waals surface area contributed by atoms with Crippen LogP contribution in [0.4, 0.5) is 13.2 Å². The third kappa shape index (κ3) is 3.76. The topological polar surface area (TPSA) is 96.6 Å². The molecule has 3 aromatic rings. The first-order valence-electron chi connectivity index (χ1n) is 7.72. The number of carbonyl (C=O) groups is 3. The summed E-state index contributed by atoms with van der Waals surface area (Å²) in [5, 5.41) is 11.7.